The van der Waals surface area contributed by atoms with Crippen LogP contribution in [-0.4, -0.2) is 31.9 Å². The molecule has 0 bridgehead atoms. The highest BCUT2D eigenvalue weighted by molar-refractivity contribution is 6.04. The van der Waals surface area contributed by atoms with Crippen molar-refractivity contribution in [1.82, 2.24) is 4.98 Å². The summed E-state index contributed by atoms with van der Waals surface area (Å²) in [5.41, 5.74) is 1.80. The van der Waals surface area contributed by atoms with Gasteiger partial charge in [0.15, 0.2) is 11.5 Å². The van der Waals surface area contributed by atoms with Crippen LogP contribution in [0.2, 0.25) is 0 Å². The van der Waals surface area contributed by atoms with E-state index in [1.54, 1.807) is 36.5 Å². The maximum absolute atomic E-state index is 12.5. The number of ether oxygens (including phenoxy) is 4. The lowest BCUT2D eigenvalue weighted by Crippen LogP contribution is -2.12. The van der Waals surface area contributed by atoms with Gasteiger partial charge in [-0.25, -0.2) is 4.98 Å². The molecule has 1 amide bonds. The van der Waals surface area contributed by atoms with Crippen molar-refractivity contribution >= 4 is 23.1 Å². The van der Waals surface area contributed by atoms with Gasteiger partial charge in [0.05, 0.1) is 26.1 Å². The van der Waals surface area contributed by atoms with Crippen LogP contribution in [0.5, 0.6) is 23.0 Å². The minimum absolute atomic E-state index is 0.227. The highest BCUT2D eigenvalue weighted by Gasteiger charge is 2.14. The number of carbonyl (C=O) groups is 1. The Hall–Kier alpha value is -3.94. The molecule has 148 valence electrons. The Labute approximate surface area is 167 Å². The van der Waals surface area contributed by atoms with Crippen LogP contribution in [0.15, 0.2) is 54.7 Å². The third-order valence-electron chi connectivity index (χ3n) is 4.28. The van der Waals surface area contributed by atoms with Gasteiger partial charge in [0.1, 0.15) is 17.3 Å². The molecule has 1 aromatic heterocycles. The molecule has 0 aliphatic carbocycles. The van der Waals surface area contributed by atoms with E-state index in [2.05, 4.69) is 15.6 Å². The lowest BCUT2D eigenvalue weighted by Gasteiger charge is -2.10. The first-order valence-electron chi connectivity index (χ1n) is 8.82. The Balaban J connectivity index is 1.43. The van der Waals surface area contributed by atoms with E-state index in [4.69, 9.17) is 18.9 Å². The largest absolute Gasteiger partial charge is 0.497 e. The number of anilines is 3. The molecule has 1 aliphatic rings. The normalized spacial score (nSPS) is 11.7. The van der Waals surface area contributed by atoms with Gasteiger partial charge in [0.25, 0.3) is 5.91 Å². The third-order valence-corrected chi connectivity index (χ3v) is 4.28. The lowest BCUT2D eigenvalue weighted by molar-refractivity contribution is 0.102. The zero-order valence-electron chi connectivity index (χ0n) is 15.9. The second kappa shape index (κ2) is 7.97. The third kappa shape index (κ3) is 4.16. The van der Waals surface area contributed by atoms with E-state index in [9.17, 15) is 4.79 Å². The smallest absolute Gasteiger partial charge is 0.255 e. The molecule has 0 saturated carbocycles. The number of carbonyl (C=O) groups excluding carboxylic acids is 1. The molecule has 8 nitrogen and oxygen atoms in total. The Morgan fingerprint density at radius 2 is 1.66 bits per heavy atom. The van der Waals surface area contributed by atoms with Crippen LogP contribution < -0.4 is 29.6 Å². The number of aromatic nitrogens is 1. The predicted molar refractivity (Wildman–Crippen MR) is 108 cm³/mol. The summed E-state index contributed by atoms with van der Waals surface area (Å²) in [5, 5.41) is 5.99. The second-order valence-electron chi connectivity index (χ2n) is 6.18. The molecule has 0 unspecified atom stereocenters. The van der Waals surface area contributed by atoms with E-state index in [1.165, 1.54) is 14.2 Å². The van der Waals surface area contributed by atoms with E-state index in [0.717, 1.165) is 11.4 Å². The molecule has 3 aromatic rings. The zero-order chi connectivity index (χ0) is 20.2. The molecule has 0 radical (unpaired) electrons. The Kier molecular flexibility index (Phi) is 5.07. The molecule has 8 heteroatoms. The van der Waals surface area contributed by atoms with E-state index in [-0.39, 0.29) is 12.7 Å². The van der Waals surface area contributed by atoms with Gasteiger partial charge in [-0.15, -0.1) is 0 Å². The fourth-order valence-corrected chi connectivity index (χ4v) is 2.81. The molecule has 2 aromatic carbocycles. The molecule has 0 saturated heterocycles. The van der Waals surface area contributed by atoms with Gasteiger partial charge < -0.3 is 29.6 Å². The average Bonchev–Trinajstić information content (AvgIpc) is 3.22. The Morgan fingerprint density at radius 1 is 0.931 bits per heavy atom. The van der Waals surface area contributed by atoms with Crippen LogP contribution in [0.4, 0.5) is 17.2 Å². The number of hydrogen-bond donors (Lipinski definition) is 2. The number of amides is 1. The van der Waals surface area contributed by atoms with Gasteiger partial charge in [-0.05, 0) is 36.4 Å². The van der Waals surface area contributed by atoms with Gasteiger partial charge in [0.2, 0.25) is 6.79 Å². The number of methoxy groups -OCH3 is 2. The number of fused-ring (bicyclic) bond motifs is 1. The monoisotopic (exact) mass is 393 g/mol. The highest BCUT2D eigenvalue weighted by atomic mass is 16.7. The minimum atomic E-state index is -0.291. The zero-order valence-corrected chi connectivity index (χ0v) is 15.9. The number of nitrogens with zero attached hydrogens (tertiary/aromatic N) is 1. The van der Waals surface area contributed by atoms with Crippen molar-refractivity contribution in [1.29, 1.82) is 0 Å². The fraction of sp³-hybridized carbons (Fsp3) is 0.143. The fourth-order valence-electron chi connectivity index (χ4n) is 2.81. The molecule has 0 fully saturated rings. The van der Waals surface area contributed by atoms with Gasteiger partial charge in [-0.3, -0.25) is 4.79 Å². The number of hydrogen-bond acceptors (Lipinski definition) is 7. The van der Waals surface area contributed by atoms with Gasteiger partial charge in [-0.1, -0.05) is 0 Å². The van der Waals surface area contributed by atoms with E-state index in [1.807, 2.05) is 18.2 Å². The van der Waals surface area contributed by atoms with Crippen molar-refractivity contribution in [3.8, 4) is 23.0 Å². The van der Waals surface area contributed by atoms with Crippen molar-refractivity contribution in [3.05, 3.63) is 60.3 Å². The summed E-state index contributed by atoms with van der Waals surface area (Å²) in [4.78, 5) is 16.9. The molecule has 4 rings (SSSR count). The Morgan fingerprint density at radius 3 is 2.34 bits per heavy atom. The van der Waals surface area contributed by atoms with Crippen LogP contribution in [0, 0.1) is 0 Å². The van der Waals surface area contributed by atoms with E-state index < -0.39 is 0 Å². The number of nitrogens with one attached hydrogen (secondary N) is 2. The molecule has 2 heterocycles. The van der Waals surface area contributed by atoms with Crippen molar-refractivity contribution in [2.24, 2.45) is 0 Å². The SMILES string of the molecule is COc1cc(OC)cc(C(=O)Nc2ccc(Nc3ccc4c(c3)OCO4)nc2)c1. The first-order chi connectivity index (χ1) is 14.1. The molecule has 1 aliphatic heterocycles. The summed E-state index contributed by atoms with van der Waals surface area (Å²) in [6, 6.07) is 14.1. The number of rotatable bonds is 6. The summed E-state index contributed by atoms with van der Waals surface area (Å²) in [5.74, 6) is 2.82. The summed E-state index contributed by atoms with van der Waals surface area (Å²) in [7, 11) is 3.07. The summed E-state index contributed by atoms with van der Waals surface area (Å²) >= 11 is 0. The van der Waals surface area contributed by atoms with Crippen LogP contribution in [0.1, 0.15) is 10.4 Å². The second-order valence-corrected chi connectivity index (χ2v) is 6.18. The maximum atomic E-state index is 12.5. The predicted octanol–water partition coefficient (Wildman–Crippen LogP) is 3.82. The van der Waals surface area contributed by atoms with Crippen LogP contribution in [0.3, 0.4) is 0 Å². The van der Waals surface area contributed by atoms with Crippen molar-refractivity contribution < 1.29 is 23.7 Å². The highest BCUT2D eigenvalue weighted by Crippen LogP contribution is 2.35. The molecule has 0 atom stereocenters. The van der Waals surface area contributed by atoms with Crippen LogP contribution >= 0.6 is 0 Å². The number of benzene rings is 2. The number of pyridine rings is 1. The van der Waals surface area contributed by atoms with Crippen molar-refractivity contribution in [3.63, 3.8) is 0 Å². The van der Waals surface area contributed by atoms with Crippen LogP contribution in [-0.2, 0) is 0 Å². The molecular formula is C21H19N3O5. The molecule has 2 N–H and O–H groups in total. The van der Waals surface area contributed by atoms with Gasteiger partial charge >= 0.3 is 0 Å². The lowest BCUT2D eigenvalue weighted by atomic mass is 10.2. The summed E-state index contributed by atoms with van der Waals surface area (Å²) < 4.78 is 21.1. The van der Waals surface area contributed by atoms with Crippen LogP contribution in [0.25, 0.3) is 0 Å². The topological polar surface area (TPSA) is 90.9 Å². The van der Waals surface area contributed by atoms with E-state index >= 15 is 0 Å². The van der Waals surface area contributed by atoms with Crippen molar-refractivity contribution in [2.75, 3.05) is 31.6 Å². The maximum Gasteiger partial charge on any atom is 0.255 e. The average molecular weight is 393 g/mol. The molecular weight excluding hydrogens is 374 g/mol. The Bertz CT molecular complexity index is 1010. The van der Waals surface area contributed by atoms with Gasteiger partial charge in [0, 0.05) is 23.4 Å². The first kappa shape index (κ1) is 18.4. The first-order valence-corrected chi connectivity index (χ1v) is 8.82. The van der Waals surface area contributed by atoms with Crippen molar-refractivity contribution in [2.45, 2.75) is 0 Å². The van der Waals surface area contributed by atoms with Gasteiger partial charge in [-0.2, -0.15) is 0 Å². The van der Waals surface area contributed by atoms with E-state index in [0.29, 0.717) is 34.3 Å². The minimum Gasteiger partial charge on any atom is -0.497 e. The molecule has 0 spiro atoms. The quantitative estimate of drug-likeness (QED) is 0.658. The standard InChI is InChI=1S/C21H19N3O5/c1-26-16-7-13(8-17(10-16)27-2)21(25)24-15-4-6-20(22-11-15)23-14-3-5-18-19(9-14)29-12-28-18/h3-11H,12H2,1-2H3,(H,22,23)(H,24,25). The summed E-state index contributed by atoms with van der Waals surface area (Å²) in [6.07, 6.45) is 1.57. The molecule has 29 heavy (non-hydrogen) atoms. The summed E-state index contributed by atoms with van der Waals surface area (Å²) in [6.45, 7) is 0.227.